The van der Waals surface area contributed by atoms with Gasteiger partial charge in [-0.25, -0.2) is 0 Å². The molecule has 1 heterocycles. The van der Waals surface area contributed by atoms with Crippen LogP contribution in [0, 0.1) is 6.92 Å². The zero-order valence-corrected chi connectivity index (χ0v) is 16.0. The number of benzene rings is 2. The molecule has 8 heteroatoms. The smallest absolute Gasteiger partial charge is 0.314 e. The molecule has 2 aromatic carbocycles. The maximum absolute atomic E-state index is 12.3. The minimum absolute atomic E-state index is 0.0555. The van der Waals surface area contributed by atoms with Gasteiger partial charge in [0, 0.05) is 35.6 Å². The Balaban J connectivity index is 1.68. The number of piperidine rings is 1. The average molecular weight is 394 g/mol. The third kappa shape index (κ3) is 4.78. The van der Waals surface area contributed by atoms with E-state index in [0.29, 0.717) is 29.9 Å². The highest BCUT2D eigenvalue weighted by atomic mass is 16.2. The summed E-state index contributed by atoms with van der Waals surface area (Å²) in [6.07, 6.45) is 2.32. The van der Waals surface area contributed by atoms with Crippen LogP contribution in [0.15, 0.2) is 42.5 Å². The number of hydrogen-bond acceptors (Lipinski definition) is 4. The lowest BCUT2D eigenvalue weighted by Gasteiger charge is -2.28. The zero-order valence-electron chi connectivity index (χ0n) is 16.0. The Bertz CT molecular complexity index is 969. The van der Waals surface area contributed by atoms with Crippen LogP contribution in [0.25, 0.3) is 0 Å². The van der Waals surface area contributed by atoms with Gasteiger partial charge in [0.25, 0.3) is 0 Å². The quantitative estimate of drug-likeness (QED) is 0.688. The molecule has 0 radical (unpaired) electrons. The maximum atomic E-state index is 12.3. The van der Waals surface area contributed by atoms with E-state index in [4.69, 9.17) is 5.73 Å². The Labute approximate surface area is 168 Å². The Kier molecular flexibility index (Phi) is 5.92. The topological polar surface area (TPSA) is 122 Å². The Morgan fingerprint density at radius 3 is 2.17 bits per heavy atom. The molecule has 8 nitrogen and oxygen atoms in total. The van der Waals surface area contributed by atoms with Crippen molar-refractivity contribution in [1.29, 1.82) is 0 Å². The molecule has 0 aliphatic carbocycles. The number of amides is 4. The SMILES string of the molecule is Cc1ccc(NC(=O)C(=O)Nc2ccc(C(N)=O)cc2)cc1N1CCCCC1=O. The molecule has 0 unspecified atom stereocenters. The Morgan fingerprint density at radius 1 is 0.931 bits per heavy atom. The van der Waals surface area contributed by atoms with Gasteiger partial charge in [0.1, 0.15) is 0 Å². The zero-order chi connectivity index (χ0) is 21.0. The van der Waals surface area contributed by atoms with Crippen LogP contribution in [0.2, 0.25) is 0 Å². The molecule has 2 aromatic rings. The first-order valence-electron chi connectivity index (χ1n) is 9.28. The third-order valence-electron chi connectivity index (χ3n) is 4.71. The van der Waals surface area contributed by atoms with E-state index in [2.05, 4.69) is 10.6 Å². The van der Waals surface area contributed by atoms with E-state index in [1.807, 2.05) is 6.92 Å². The summed E-state index contributed by atoms with van der Waals surface area (Å²) in [5.41, 5.74) is 7.90. The van der Waals surface area contributed by atoms with E-state index in [0.717, 1.165) is 24.1 Å². The highest BCUT2D eigenvalue weighted by Gasteiger charge is 2.22. The fourth-order valence-corrected chi connectivity index (χ4v) is 3.13. The molecule has 29 heavy (non-hydrogen) atoms. The lowest BCUT2D eigenvalue weighted by molar-refractivity contribution is -0.132. The van der Waals surface area contributed by atoms with Gasteiger partial charge in [-0.05, 0) is 61.7 Å². The Morgan fingerprint density at radius 2 is 1.55 bits per heavy atom. The van der Waals surface area contributed by atoms with Gasteiger partial charge < -0.3 is 21.3 Å². The second-order valence-electron chi connectivity index (χ2n) is 6.85. The summed E-state index contributed by atoms with van der Waals surface area (Å²) in [7, 11) is 0. The molecule has 0 saturated carbocycles. The summed E-state index contributed by atoms with van der Waals surface area (Å²) in [5.74, 6) is -2.22. The van der Waals surface area contributed by atoms with Gasteiger partial charge in [0.15, 0.2) is 0 Å². The largest absolute Gasteiger partial charge is 0.366 e. The molecular formula is C21H22N4O4. The number of aryl methyl sites for hydroxylation is 1. The van der Waals surface area contributed by atoms with Crippen LogP contribution < -0.4 is 21.3 Å². The molecule has 1 saturated heterocycles. The van der Waals surface area contributed by atoms with Crippen LogP contribution in [0.3, 0.4) is 0 Å². The number of nitrogens with two attached hydrogens (primary N) is 1. The molecule has 3 rings (SSSR count). The molecule has 0 bridgehead atoms. The molecule has 0 atom stereocenters. The van der Waals surface area contributed by atoms with E-state index < -0.39 is 17.7 Å². The van der Waals surface area contributed by atoms with Crippen molar-refractivity contribution in [2.75, 3.05) is 22.1 Å². The van der Waals surface area contributed by atoms with Crippen LogP contribution >= 0.6 is 0 Å². The van der Waals surface area contributed by atoms with E-state index in [1.54, 1.807) is 23.1 Å². The van der Waals surface area contributed by atoms with Crippen molar-refractivity contribution in [1.82, 2.24) is 0 Å². The van der Waals surface area contributed by atoms with Crippen LogP contribution in [0.5, 0.6) is 0 Å². The van der Waals surface area contributed by atoms with E-state index in [9.17, 15) is 19.2 Å². The van der Waals surface area contributed by atoms with Crippen molar-refractivity contribution < 1.29 is 19.2 Å². The Hall–Kier alpha value is -3.68. The molecule has 4 amide bonds. The molecule has 1 aliphatic heterocycles. The molecule has 1 aliphatic rings. The first-order valence-corrected chi connectivity index (χ1v) is 9.28. The summed E-state index contributed by atoms with van der Waals surface area (Å²) in [5, 5.41) is 5.01. The van der Waals surface area contributed by atoms with Crippen LogP contribution in [-0.2, 0) is 14.4 Å². The van der Waals surface area contributed by atoms with Crippen LogP contribution in [0.1, 0.15) is 35.2 Å². The van der Waals surface area contributed by atoms with Gasteiger partial charge in [-0.15, -0.1) is 0 Å². The lowest BCUT2D eigenvalue weighted by atomic mass is 10.1. The predicted octanol–water partition coefficient (Wildman–Crippen LogP) is 2.19. The third-order valence-corrected chi connectivity index (χ3v) is 4.71. The number of anilines is 3. The standard InChI is InChI=1S/C21H22N4O4/c1-13-5-8-16(12-17(13)25-11-3-2-4-18(25)26)24-21(29)20(28)23-15-9-6-14(7-10-15)19(22)27/h5-10,12H,2-4,11H2,1H3,(H2,22,27)(H,23,28)(H,24,29). The lowest BCUT2D eigenvalue weighted by Crippen LogP contribution is -2.35. The van der Waals surface area contributed by atoms with Gasteiger partial charge in [-0.1, -0.05) is 6.07 Å². The van der Waals surface area contributed by atoms with E-state index in [1.165, 1.54) is 24.3 Å². The van der Waals surface area contributed by atoms with Crippen molar-refractivity contribution in [3.63, 3.8) is 0 Å². The fourth-order valence-electron chi connectivity index (χ4n) is 3.13. The molecule has 1 fully saturated rings. The summed E-state index contributed by atoms with van der Waals surface area (Å²) >= 11 is 0. The van der Waals surface area contributed by atoms with Gasteiger partial charge >= 0.3 is 11.8 Å². The number of carbonyl (C=O) groups excluding carboxylic acids is 4. The van der Waals surface area contributed by atoms with Crippen molar-refractivity contribution in [3.8, 4) is 0 Å². The van der Waals surface area contributed by atoms with Crippen LogP contribution in [-0.4, -0.2) is 30.2 Å². The fraction of sp³-hybridized carbons (Fsp3) is 0.238. The number of carbonyl (C=O) groups is 4. The first kappa shape index (κ1) is 20.1. The predicted molar refractivity (Wildman–Crippen MR) is 110 cm³/mol. The number of nitrogens with one attached hydrogen (secondary N) is 2. The number of nitrogens with zero attached hydrogens (tertiary/aromatic N) is 1. The van der Waals surface area contributed by atoms with Gasteiger partial charge in [-0.3, -0.25) is 19.2 Å². The molecule has 150 valence electrons. The number of hydrogen-bond donors (Lipinski definition) is 3. The van der Waals surface area contributed by atoms with Crippen molar-refractivity contribution in [2.24, 2.45) is 5.73 Å². The molecule has 0 aromatic heterocycles. The van der Waals surface area contributed by atoms with Gasteiger partial charge in [0.05, 0.1) is 0 Å². The molecule has 0 spiro atoms. The maximum Gasteiger partial charge on any atom is 0.314 e. The normalized spacial score (nSPS) is 13.7. The highest BCUT2D eigenvalue weighted by molar-refractivity contribution is 6.43. The second kappa shape index (κ2) is 8.55. The molecular weight excluding hydrogens is 372 g/mol. The summed E-state index contributed by atoms with van der Waals surface area (Å²) < 4.78 is 0. The van der Waals surface area contributed by atoms with Gasteiger partial charge in [-0.2, -0.15) is 0 Å². The van der Waals surface area contributed by atoms with Crippen LogP contribution in [0.4, 0.5) is 17.1 Å². The average Bonchev–Trinajstić information content (AvgIpc) is 2.70. The highest BCUT2D eigenvalue weighted by Crippen LogP contribution is 2.27. The van der Waals surface area contributed by atoms with E-state index >= 15 is 0 Å². The monoisotopic (exact) mass is 394 g/mol. The minimum atomic E-state index is -0.854. The van der Waals surface area contributed by atoms with Gasteiger partial charge in [0.2, 0.25) is 11.8 Å². The first-order chi connectivity index (χ1) is 13.8. The minimum Gasteiger partial charge on any atom is -0.366 e. The summed E-state index contributed by atoms with van der Waals surface area (Å²) in [6.45, 7) is 2.53. The second-order valence-corrected chi connectivity index (χ2v) is 6.85. The van der Waals surface area contributed by atoms with E-state index in [-0.39, 0.29) is 5.91 Å². The van der Waals surface area contributed by atoms with Crippen molar-refractivity contribution in [3.05, 3.63) is 53.6 Å². The van der Waals surface area contributed by atoms with Crippen molar-refractivity contribution in [2.45, 2.75) is 26.2 Å². The summed E-state index contributed by atoms with van der Waals surface area (Å²) in [6, 6.07) is 11.1. The van der Waals surface area contributed by atoms with Crippen molar-refractivity contribution >= 4 is 40.7 Å². The summed E-state index contributed by atoms with van der Waals surface area (Å²) in [4.78, 5) is 49.4. The molecule has 4 N–H and O–H groups in total. The number of rotatable bonds is 4. The number of primary amides is 1.